The summed E-state index contributed by atoms with van der Waals surface area (Å²) in [4.78, 5) is 36.8. The molecule has 1 aromatic carbocycles. The zero-order valence-electron chi connectivity index (χ0n) is 15.7. The molecule has 2 saturated heterocycles. The number of likely N-dealkylation sites (tertiary alicyclic amines) is 1. The molecule has 9 heteroatoms. The Bertz CT molecular complexity index is 846. The van der Waals surface area contributed by atoms with E-state index in [1.165, 1.54) is 21.3 Å². The normalized spacial score (nSPS) is 18.5. The van der Waals surface area contributed by atoms with Gasteiger partial charge in [0, 0.05) is 44.6 Å². The third kappa shape index (κ3) is 4.59. The summed E-state index contributed by atoms with van der Waals surface area (Å²) in [5, 5.41) is 2.71. The number of nitrogens with zero attached hydrogens (tertiary/aromatic N) is 2. The van der Waals surface area contributed by atoms with Crippen molar-refractivity contribution in [3.8, 4) is 0 Å². The van der Waals surface area contributed by atoms with Gasteiger partial charge >= 0.3 is 0 Å². The monoisotopic (exact) mass is 407 g/mol. The number of hydrogen-bond donors (Lipinski definition) is 1. The fourth-order valence-corrected chi connectivity index (χ4v) is 5.03. The number of imide groups is 1. The number of nitrogens with one attached hydrogen (secondary N) is 1. The van der Waals surface area contributed by atoms with E-state index in [1.54, 1.807) is 12.1 Å². The molecule has 0 aliphatic carbocycles. The van der Waals surface area contributed by atoms with Crippen LogP contribution in [0.25, 0.3) is 0 Å². The Morgan fingerprint density at radius 2 is 1.71 bits per heavy atom. The van der Waals surface area contributed by atoms with Crippen LogP contribution in [0.1, 0.15) is 48.9 Å². The van der Waals surface area contributed by atoms with Crippen LogP contribution in [0.15, 0.2) is 29.2 Å². The summed E-state index contributed by atoms with van der Waals surface area (Å²) in [5.74, 6) is -0.728. The number of benzene rings is 1. The first-order valence-corrected chi connectivity index (χ1v) is 11.1. The molecule has 1 aromatic rings. The molecule has 2 heterocycles. The molecular weight excluding hydrogens is 382 g/mol. The molecule has 0 bridgehead atoms. The van der Waals surface area contributed by atoms with E-state index in [9.17, 15) is 22.8 Å². The fourth-order valence-electron chi connectivity index (χ4n) is 3.47. The van der Waals surface area contributed by atoms with E-state index < -0.39 is 10.0 Å². The average Bonchev–Trinajstić information content (AvgIpc) is 3.03. The average molecular weight is 407 g/mol. The lowest BCUT2D eigenvalue weighted by atomic mass is 10.2. The van der Waals surface area contributed by atoms with Gasteiger partial charge < -0.3 is 5.32 Å². The summed E-state index contributed by atoms with van der Waals surface area (Å²) in [6.45, 7) is 1.58. The van der Waals surface area contributed by atoms with Gasteiger partial charge in [0.25, 0.3) is 5.91 Å². The third-order valence-electron chi connectivity index (χ3n) is 5.05. The van der Waals surface area contributed by atoms with Crippen molar-refractivity contribution < 1.29 is 22.8 Å². The lowest BCUT2D eigenvalue weighted by Crippen LogP contribution is -2.35. The molecule has 2 aliphatic rings. The molecule has 0 atom stereocenters. The van der Waals surface area contributed by atoms with E-state index in [4.69, 9.17) is 0 Å². The Kier molecular flexibility index (Phi) is 6.46. The second-order valence-corrected chi connectivity index (χ2v) is 8.98. The standard InChI is InChI=1S/C19H25N3O5S/c23-17-8-9-18(24)22(17)13-5-10-20-19(25)15-6-4-7-16(14-15)28(26,27)21-11-2-1-3-12-21/h4,6-7,14H,1-3,5,8-13H2,(H,20,25). The van der Waals surface area contributed by atoms with Gasteiger partial charge in [-0.25, -0.2) is 8.42 Å². The Labute approximate surface area is 164 Å². The summed E-state index contributed by atoms with van der Waals surface area (Å²) in [7, 11) is -3.59. The quantitative estimate of drug-likeness (QED) is 0.539. The molecule has 2 aliphatic heterocycles. The first kappa shape index (κ1) is 20.5. The SMILES string of the molecule is O=C(NCCCN1C(=O)CCC1=O)c1cccc(S(=O)(=O)N2CCCCC2)c1. The predicted molar refractivity (Wildman–Crippen MR) is 102 cm³/mol. The van der Waals surface area contributed by atoms with Crippen LogP contribution in [0.2, 0.25) is 0 Å². The van der Waals surface area contributed by atoms with Crippen LogP contribution < -0.4 is 5.32 Å². The Balaban J connectivity index is 1.56. The zero-order valence-corrected chi connectivity index (χ0v) is 16.5. The Morgan fingerprint density at radius 1 is 1.04 bits per heavy atom. The summed E-state index contributed by atoms with van der Waals surface area (Å²) in [6.07, 6.45) is 3.69. The molecular formula is C19H25N3O5S. The Morgan fingerprint density at radius 3 is 2.39 bits per heavy atom. The van der Waals surface area contributed by atoms with Crippen molar-refractivity contribution >= 4 is 27.7 Å². The van der Waals surface area contributed by atoms with E-state index in [0.29, 0.717) is 26.1 Å². The van der Waals surface area contributed by atoms with Crippen molar-refractivity contribution in [3.05, 3.63) is 29.8 Å². The maximum Gasteiger partial charge on any atom is 0.251 e. The number of piperidine rings is 1. The largest absolute Gasteiger partial charge is 0.352 e. The smallest absolute Gasteiger partial charge is 0.251 e. The first-order chi connectivity index (χ1) is 13.4. The molecule has 0 aromatic heterocycles. The number of hydrogen-bond acceptors (Lipinski definition) is 5. The molecule has 2 fully saturated rings. The minimum absolute atomic E-state index is 0.121. The van der Waals surface area contributed by atoms with E-state index in [0.717, 1.165) is 19.3 Å². The minimum Gasteiger partial charge on any atom is -0.352 e. The third-order valence-corrected chi connectivity index (χ3v) is 6.94. The number of carbonyl (C=O) groups is 3. The summed E-state index contributed by atoms with van der Waals surface area (Å²) < 4.78 is 27.0. The zero-order chi connectivity index (χ0) is 20.1. The van der Waals surface area contributed by atoms with Crippen LogP contribution in [-0.2, 0) is 19.6 Å². The summed E-state index contributed by atoms with van der Waals surface area (Å²) in [6, 6.07) is 6.03. The highest BCUT2D eigenvalue weighted by atomic mass is 32.2. The molecule has 3 rings (SSSR count). The van der Waals surface area contributed by atoms with Gasteiger partial charge in [-0.3, -0.25) is 19.3 Å². The van der Waals surface area contributed by atoms with Crippen molar-refractivity contribution in [2.24, 2.45) is 0 Å². The van der Waals surface area contributed by atoms with E-state index >= 15 is 0 Å². The first-order valence-electron chi connectivity index (χ1n) is 9.61. The van der Waals surface area contributed by atoms with Crippen LogP contribution in [0.4, 0.5) is 0 Å². The summed E-state index contributed by atoms with van der Waals surface area (Å²) in [5.41, 5.74) is 0.270. The van der Waals surface area contributed by atoms with Gasteiger partial charge in [-0.2, -0.15) is 4.31 Å². The van der Waals surface area contributed by atoms with Crippen LogP contribution >= 0.6 is 0 Å². The second kappa shape index (κ2) is 8.83. The van der Waals surface area contributed by atoms with E-state index in [-0.39, 0.29) is 47.6 Å². The van der Waals surface area contributed by atoms with E-state index in [2.05, 4.69) is 5.32 Å². The van der Waals surface area contributed by atoms with Crippen LogP contribution in [0.5, 0.6) is 0 Å². The number of amides is 3. The molecule has 0 spiro atoms. The topological polar surface area (TPSA) is 104 Å². The van der Waals surface area contributed by atoms with Gasteiger partial charge in [0.1, 0.15) is 0 Å². The number of carbonyl (C=O) groups excluding carboxylic acids is 3. The minimum atomic E-state index is -3.59. The molecule has 0 saturated carbocycles. The van der Waals surface area contributed by atoms with Gasteiger partial charge in [0.15, 0.2) is 0 Å². The van der Waals surface area contributed by atoms with Crippen molar-refractivity contribution in [1.29, 1.82) is 0 Å². The van der Waals surface area contributed by atoms with Gasteiger partial charge in [0.05, 0.1) is 4.90 Å². The van der Waals surface area contributed by atoms with Gasteiger partial charge in [0.2, 0.25) is 21.8 Å². The van der Waals surface area contributed by atoms with Crippen molar-refractivity contribution in [2.45, 2.75) is 43.4 Å². The summed E-state index contributed by atoms with van der Waals surface area (Å²) >= 11 is 0. The fraction of sp³-hybridized carbons (Fsp3) is 0.526. The molecule has 1 N–H and O–H groups in total. The molecule has 0 unspecified atom stereocenters. The molecule has 8 nitrogen and oxygen atoms in total. The lowest BCUT2D eigenvalue weighted by molar-refractivity contribution is -0.138. The lowest BCUT2D eigenvalue weighted by Gasteiger charge is -2.26. The number of sulfonamides is 1. The van der Waals surface area contributed by atoms with Crippen molar-refractivity contribution in [1.82, 2.24) is 14.5 Å². The molecule has 0 radical (unpaired) electrons. The molecule has 152 valence electrons. The highest BCUT2D eigenvalue weighted by molar-refractivity contribution is 7.89. The van der Waals surface area contributed by atoms with E-state index in [1.807, 2.05) is 0 Å². The van der Waals surface area contributed by atoms with Crippen molar-refractivity contribution in [3.63, 3.8) is 0 Å². The van der Waals surface area contributed by atoms with Crippen LogP contribution in [0, 0.1) is 0 Å². The maximum atomic E-state index is 12.8. The maximum absolute atomic E-state index is 12.8. The highest BCUT2D eigenvalue weighted by Crippen LogP contribution is 2.21. The Hall–Kier alpha value is -2.26. The van der Waals surface area contributed by atoms with Crippen LogP contribution in [0.3, 0.4) is 0 Å². The number of rotatable bonds is 7. The molecule has 3 amide bonds. The predicted octanol–water partition coefficient (Wildman–Crippen LogP) is 1.13. The highest BCUT2D eigenvalue weighted by Gasteiger charge is 2.28. The van der Waals surface area contributed by atoms with Gasteiger partial charge in [-0.1, -0.05) is 12.5 Å². The second-order valence-electron chi connectivity index (χ2n) is 7.04. The van der Waals surface area contributed by atoms with Crippen LogP contribution in [-0.4, -0.2) is 61.5 Å². The molecule has 28 heavy (non-hydrogen) atoms. The van der Waals surface area contributed by atoms with Crippen molar-refractivity contribution in [2.75, 3.05) is 26.2 Å². The van der Waals surface area contributed by atoms with Gasteiger partial charge in [-0.15, -0.1) is 0 Å². The van der Waals surface area contributed by atoms with Gasteiger partial charge in [-0.05, 0) is 37.5 Å².